The zero-order chi connectivity index (χ0) is 4.95. The van der Waals surface area contributed by atoms with Crippen molar-refractivity contribution in [3.05, 3.63) is 0 Å². The molecule has 1 aliphatic rings. The number of rotatable bonds is 0. The van der Waals surface area contributed by atoms with Crippen LogP contribution in [0.15, 0.2) is 0 Å². The zero-order valence-electron chi connectivity index (χ0n) is 4.35. The molecular formula is C5H10O2. The van der Waals surface area contributed by atoms with Crippen LogP contribution in [0, 0.1) is 0 Å². The van der Waals surface area contributed by atoms with Gasteiger partial charge in [0, 0.05) is 0 Å². The third kappa shape index (κ3) is 1.90. The lowest BCUT2D eigenvalue weighted by molar-refractivity contribution is -0.287. The minimum Gasteiger partial charge on any atom is -0.237 e. The van der Waals surface area contributed by atoms with Crippen molar-refractivity contribution in [1.29, 1.82) is 0 Å². The van der Waals surface area contributed by atoms with Crippen LogP contribution in [0.1, 0.15) is 19.3 Å². The lowest BCUT2D eigenvalue weighted by Gasteiger charge is -1.92. The summed E-state index contributed by atoms with van der Waals surface area (Å²) < 4.78 is 0. The molecule has 0 aliphatic carbocycles. The summed E-state index contributed by atoms with van der Waals surface area (Å²) in [5, 5.41) is 0. The van der Waals surface area contributed by atoms with Crippen LogP contribution in [-0.4, -0.2) is 13.2 Å². The fraction of sp³-hybridized carbons (Fsp3) is 1.00. The average Bonchev–Trinajstić information content (AvgIpc) is 1.90. The van der Waals surface area contributed by atoms with E-state index < -0.39 is 0 Å². The molecule has 0 N–H and O–H groups in total. The van der Waals surface area contributed by atoms with E-state index in [9.17, 15) is 0 Å². The normalized spacial score (nSPS) is 24.0. The highest BCUT2D eigenvalue weighted by Crippen LogP contribution is 2.01. The predicted molar refractivity (Wildman–Crippen MR) is 25.8 cm³/mol. The molecule has 42 valence electrons. The first kappa shape index (κ1) is 5.06. The van der Waals surface area contributed by atoms with E-state index in [4.69, 9.17) is 9.78 Å². The third-order valence-electron chi connectivity index (χ3n) is 1.04. The van der Waals surface area contributed by atoms with Crippen molar-refractivity contribution in [1.82, 2.24) is 0 Å². The number of hydrogen-bond donors (Lipinski definition) is 0. The second kappa shape index (κ2) is 2.99. The van der Waals surface area contributed by atoms with Crippen molar-refractivity contribution in [2.45, 2.75) is 19.3 Å². The lowest BCUT2D eigenvalue weighted by atomic mass is 10.3. The maximum atomic E-state index is 4.69. The van der Waals surface area contributed by atoms with Crippen LogP contribution in [0.3, 0.4) is 0 Å². The molecule has 1 rings (SSSR count). The first-order valence-electron chi connectivity index (χ1n) is 2.74. The van der Waals surface area contributed by atoms with Crippen LogP contribution in [0.5, 0.6) is 0 Å². The van der Waals surface area contributed by atoms with Crippen molar-refractivity contribution in [2.75, 3.05) is 13.2 Å². The molecule has 0 aromatic heterocycles. The Morgan fingerprint density at radius 3 is 1.86 bits per heavy atom. The molecule has 0 saturated carbocycles. The first-order chi connectivity index (χ1) is 3.50. The average molecular weight is 102 g/mol. The largest absolute Gasteiger partial charge is 0.237 e. The van der Waals surface area contributed by atoms with Gasteiger partial charge in [0.15, 0.2) is 0 Å². The minimum absolute atomic E-state index is 0.778. The van der Waals surface area contributed by atoms with Gasteiger partial charge >= 0.3 is 0 Å². The van der Waals surface area contributed by atoms with Crippen LogP contribution in [-0.2, 0) is 9.78 Å². The number of hydrogen-bond acceptors (Lipinski definition) is 2. The molecule has 1 aliphatic heterocycles. The van der Waals surface area contributed by atoms with E-state index in [0.717, 1.165) is 26.1 Å². The summed E-state index contributed by atoms with van der Waals surface area (Å²) in [5.74, 6) is 0. The van der Waals surface area contributed by atoms with E-state index in [1.165, 1.54) is 6.42 Å². The van der Waals surface area contributed by atoms with Crippen LogP contribution < -0.4 is 0 Å². The van der Waals surface area contributed by atoms with Gasteiger partial charge in [-0.1, -0.05) is 0 Å². The Labute approximate surface area is 43.3 Å². The molecule has 0 radical (unpaired) electrons. The smallest absolute Gasteiger partial charge is 0.0822 e. The zero-order valence-corrected chi connectivity index (χ0v) is 4.35. The fourth-order valence-corrected chi connectivity index (χ4v) is 0.617. The van der Waals surface area contributed by atoms with Crippen LogP contribution in [0.2, 0.25) is 0 Å². The molecule has 0 aromatic carbocycles. The van der Waals surface area contributed by atoms with Gasteiger partial charge in [-0.3, -0.25) is 0 Å². The Bertz CT molecular complexity index is 25.7. The molecule has 0 unspecified atom stereocenters. The summed E-state index contributed by atoms with van der Waals surface area (Å²) in [6.45, 7) is 1.56. The molecule has 2 nitrogen and oxygen atoms in total. The van der Waals surface area contributed by atoms with Crippen LogP contribution in [0.4, 0.5) is 0 Å². The van der Waals surface area contributed by atoms with Gasteiger partial charge in [0.25, 0.3) is 0 Å². The Morgan fingerprint density at radius 2 is 1.29 bits per heavy atom. The quantitative estimate of drug-likeness (QED) is 0.427. The second-order valence-electron chi connectivity index (χ2n) is 1.70. The Hall–Kier alpha value is -0.0800. The summed E-state index contributed by atoms with van der Waals surface area (Å²) in [4.78, 5) is 9.39. The van der Waals surface area contributed by atoms with E-state index >= 15 is 0 Å². The highest BCUT2D eigenvalue weighted by molar-refractivity contribution is 4.40. The molecule has 1 heterocycles. The molecule has 0 atom stereocenters. The van der Waals surface area contributed by atoms with Crippen molar-refractivity contribution < 1.29 is 9.78 Å². The van der Waals surface area contributed by atoms with Crippen LogP contribution >= 0.6 is 0 Å². The molecule has 0 bridgehead atoms. The summed E-state index contributed by atoms with van der Waals surface area (Å²) >= 11 is 0. The van der Waals surface area contributed by atoms with E-state index in [1.54, 1.807) is 0 Å². The Balaban J connectivity index is 2.04. The topological polar surface area (TPSA) is 18.5 Å². The van der Waals surface area contributed by atoms with Crippen molar-refractivity contribution in [3.8, 4) is 0 Å². The molecule has 0 amide bonds. The maximum Gasteiger partial charge on any atom is 0.0822 e. The minimum atomic E-state index is 0.778. The van der Waals surface area contributed by atoms with Crippen molar-refractivity contribution >= 4 is 0 Å². The molecule has 0 spiro atoms. The van der Waals surface area contributed by atoms with Gasteiger partial charge in [0.2, 0.25) is 0 Å². The Morgan fingerprint density at radius 1 is 0.714 bits per heavy atom. The molecule has 7 heavy (non-hydrogen) atoms. The lowest BCUT2D eigenvalue weighted by Crippen LogP contribution is -1.90. The highest BCUT2D eigenvalue weighted by atomic mass is 17.2. The standard InChI is InChI=1S/C5H10O2/c1-2-4-6-7-5-3-1/h1-5H2. The van der Waals surface area contributed by atoms with Crippen molar-refractivity contribution in [3.63, 3.8) is 0 Å². The van der Waals surface area contributed by atoms with Gasteiger partial charge in [-0.2, -0.15) is 0 Å². The third-order valence-corrected chi connectivity index (χ3v) is 1.04. The van der Waals surface area contributed by atoms with E-state index in [1.807, 2.05) is 0 Å². The summed E-state index contributed by atoms with van der Waals surface area (Å²) in [5.41, 5.74) is 0. The van der Waals surface area contributed by atoms with E-state index in [-0.39, 0.29) is 0 Å². The molecule has 1 saturated heterocycles. The van der Waals surface area contributed by atoms with Gasteiger partial charge in [-0.15, -0.1) is 0 Å². The summed E-state index contributed by atoms with van der Waals surface area (Å²) in [6, 6.07) is 0. The second-order valence-corrected chi connectivity index (χ2v) is 1.70. The first-order valence-corrected chi connectivity index (χ1v) is 2.74. The summed E-state index contributed by atoms with van der Waals surface area (Å²) in [6.07, 6.45) is 3.56. The predicted octanol–water partition coefficient (Wildman–Crippen LogP) is 1.12. The van der Waals surface area contributed by atoms with Crippen LogP contribution in [0.25, 0.3) is 0 Å². The SMILES string of the molecule is C1CCOOCC1. The van der Waals surface area contributed by atoms with E-state index in [2.05, 4.69) is 0 Å². The molecule has 1 fully saturated rings. The van der Waals surface area contributed by atoms with Gasteiger partial charge in [-0.05, 0) is 19.3 Å². The monoisotopic (exact) mass is 102 g/mol. The van der Waals surface area contributed by atoms with Gasteiger partial charge in [0.05, 0.1) is 13.2 Å². The summed E-state index contributed by atoms with van der Waals surface area (Å²) in [7, 11) is 0. The van der Waals surface area contributed by atoms with Gasteiger partial charge in [-0.25, -0.2) is 9.78 Å². The molecule has 2 heteroatoms. The Kier molecular flexibility index (Phi) is 2.17. The molecular weight excluding hydrogens is 92.1 g/mol. The van der Waals surface area contributed by atoms with Gasteiger partial charge in [0.1, 0.15) is 0 Å². The van der Waals surface area contributed by atoms with Gasteiger partial charge < -0.3 is 0 Å². The maximum absolute atomic E-state index is 4.69. The van der Waals surface area contributed by atoms with E-state index in [0.29, 0.717) is 0 Å². The molecule has 0 aromatic rings. The fourth-order valence-electron chi connectivity index (χ4n) is 0.617. The highest BCUT2D eigenvalue weighted by Gasteiger charge is 1.95. The van der Waals surface area contributed by atoms with Crippen molar-refractivity contribution in [2.24, 2.45) is 0 Å².